The van der Waals surface area contributed by atoms with Crippen LogP contribution in [0.3, 0.4) is 0 Å². The second-order valence-electron chi connectivity index (χ2n) is 4.37. The Kier molecular flexibility index (Phi) is 3.49. The molecule has 0 fully saturated rings. The minimum atomic E-state index is -0.608. The van der Waals surface area contributed by atoms with Gasteiger partial charge < -0.3 is 4.74 Å². The average molecular weight is 245 g/mol. The normalized spacial score (nSPS) is 11.8. The molecule has 16 heavy (non-hydrogen) atoms. The van der Waals surface area contributed by atoms with Crippen molar-refractivity contribution < 1.29 is 4.74 Å². The van der Waals surface area contributed by atoms with Crippen molar-refractivity contribution in [3.8, 4) is 0 Å². The van der Waals surface area contributed by atoms with Crippen molar-refractivity contribution in [3.05, 3.63) is 25.7 Å². The molecule has 90 valence electrons. The number of rotatable bonds is 2. The van der Waals surface area contributed by atoms with Gasteiger partial charge in [0.05, 0.1) is 0 Å². The quantitative estimate of drug-likeness (QED) is 0.767. The van der Waals surface area contributed by atoms with Gasteiger partial charge in [-0.2, -0.15) is 0 Å². The first-order valence-electron chi connectivity index (χ1n) is 4.74. The number of ether oxygens (including phenoxy) is 1. The van der Waals surface area contributed by atoms with Crippen molar-refractivity contribution in [1.82, 2.24) is 14.1 Å². The molecule has 0 aromatic carbocycles. The summed E-state index contributed by atoms with van der Waals surface area (Å²) >= 11 is 4.89. The molecule has 1 heterocycles. The van der Waals surface area contributed by atoms with Gasteiger partial charge in [-0.15, -0.1) is 0 Å². The molecule has 0 aliphatic heterocycles. The van der Waals surface area contributed by atoms with Crippen LogP contribution in [-0.2, 0) is 17.0 Å². The minimum Gasteiger partial charge on any atom is -0.364 e. The number of H-pyrrole nitrogens is 1. The smallest absolute Gasteiger partial charge is 0.336 e. The standard InChI is InChI=1S/C9H15N3O3S/c1-9(2,3)12-6(13)10-7(16)11(5-15-4)8(12)14/h5H2,1-4H3,(H,10,13,16). The Morgan fingerprint density at radius 1 is 1.38 bits per heavy atom. The molecule has 0 bridgehead atoms. The van der Waals surface area contributed by atoms with Crippen LogP contribution >= 0.6 is 12.2 Å². The Bertz CT molecular complexity index is 547. The molecule has 7 heteroatoms. The third kappa shape index (κ3) is 2.30. The molecule has 1 N–H and O–H groups in total. The molecule has 1 aromatic heterocycles. The van der Waals surface area contributed by atoms with Gasteiger partial charge in [0, 0.05) is 12.6 Å². The summed E-state index contributed by atoms with van der Waals surface area (Å²) in [7, 11) is 1.45. The van der Waals surface area contributed by atoms with Crippen molar-refractivity contribution in [2.75, 3.05) is 7.11 Å². The van der Waals surface area contributed by atoms with E-state index >= 15 is 0 Å². The zero-order chi connectivity index (χ0) is 12.5. The summed E-state index contributed by atoms with van der Waals surface area (Å²) < 4.78 is 7.23. The monoisotopic (exact) mass is 245 g/mol. The van der Waals surface area contributed by atoms with Gasteiger partial charge >= 0.3 is 11.4 Å². The minimum absolute atomic E-state index is 0.0184. The number of aromatic nitrogens is 3. The van der Waals surface area contributed by atoms with E-state index in [9.17, 15) is 9.59 Å². The highest BCUT2D eigenvalue weighted by Crippen LogP contribution is 2.06. The first kappa shape index (κ1) is 12.9. The summed E-state index contributed by atoms with van der Waals surface area (Å²) in [6.45, 7) is 5.32. The van der Waals surface area contributed by atoms with E-state index in [0.29, 0.717) is 0 Å². The van der Waals surface area contributed by atoms with Gasteiger partial charge in [0.15, 0.2) is 4.77 Å². The van der Waals surface area contributed by atoms with Gasteiger partial charge in [-0.3, -0.25) is 4.98 Å². The highest BCUT2D eigenvalue weighted by molar-refractivity contribution is 7.71. The Balaban J connectivity index is 3.66. The summed E-state index contributed by atoms with van der Waals surface area (Å²) in [5.74, 6) is 0. The Labute approximate surface area is 97.5 Å². The van der Waals surface area contributed by atoms with E-state index in [1.54, 1.807) is 20.8 Å². The van der Waals surface area contributed by atoms with E-state index in [2.05, 4.69) is 4.98 Å². The SMILES string of the molecule is COCn1c(=S)[nH]c(=O)n(C(C)(C)C)c1=O. The van der Waals surface area contributed by atoms with Crippen LogP contribution in [0.1, 0.15) is 20.8 Å². The van der Waals surface area contributed by atoms with Crippen LogP contribution in [0.15, 0.2) is 9.59 Å². The lowest BCUT2D eigenvalue weighted by atomic mass is 10.1. The van der Waals surface area contributed by atoms with Crippen LogP contribution in [0.2, 0.25) is 0 Å². The van der Waals surface area contributed by atoms with E-state index in [1.807, 2.05) is 0 Å². The molecule has 0 amide bonds. The van der Waals surface area contributed by atoms with Gasteiger partial charge in [-0.05, 0) is 33.0 Å². The Hall–Kier alpha value is -1.21. The summed E-state index contributed by atoms with van der Waals surface area (Å²) in [6.07, 6.45) is 0. The molecular formula is C9H15N3O3S. The van der Waals surface area contributed by atoms with Crippen LogP contribution in [-0.4, -0.2) is 21.2 Å². The van der Waals surface area contributed by atoms with Crippen molar-refractivity contribution in [2.24, 2.45) is 0 Å². The van der Waals surface area contributed by atoms with Crippen molar-refractivity contribution >= 4 is 12.2 Å². The van der Waals surface area contributed by atoms with Crippen LogP contribution in [0, 0.1) is 4.77 Å². The first-order valence-corrected chi connectivity index (χ1v) is 5.15. The zero-order valence-corrected chi connectivity index (χ0v) is 10.6. The highest BCUT2D eigenvalue weighted by Gasteiger charge is 2.19. The lowest BCUT2D eigenvalue weighted by Crippen LogP contribution is -2.49. The maximum Gasteiger partial charge on any atom is 0.336 e. The fourth-order valence-corrected chi connectivity index (χ4v) is 1.56. The maximum atomic E-state index is 12.0. The fraction of sp³-hybridized carbons (Fsp3) is 0.667. The lowest BCUT2D eigenvalue weighted by molar-refractivity contribution is 0.120. The molecule has 0 aliphatic carbocycles. The maximum absolute atomic E-state index is 12.0. The summed E-state index contributed by atoms with van der Waals surface area (Å²) in [5, 5.41) is 0. The number of hydrogen-bond donors (Lipinski definition) is 1. The van der Waals surface area contributed by atoms with Crippen LogP contribution in [0.25, 0.3) is 0 Å². The number of nitrogens with zero attached hydrogens (tertiary/aromatic N) is 2. The molecule has 0 saturated carbocycles. The number of aromatic amines is 1. The third-order valence-corrected chi connectivity index (χ3v) is 2.34. The van der Waals surface area contributed by atoms with E-state index in [-0.39, 0.29) is 11.5 Å². The first-order chi connectivity index (χ1) is 7.29. The van der Waals surface area contributed by atoms with Gasteiger partial charge in [0.1, 0.15) is 6.73 Å². The molecule has 0 aliphatic rings. The van der Waals surface area contributed by atoms with E-state index in [4.69, 9.17) is 17.0 Å². The molecule has 1 aromatic rings. The molecule has 0 atom stereocenters. The van der Waals surface area contributed by atoms with Crippen LogP contribution in [0.4, 0.5) is 0 Å². The molecular weight excluding hydrogens is 230 g/mol. The predicted octanol–water partition coefficient (Wildman–Crippen LogP) is 0.426. The summed E-state index contributed by atoms with van der Waals surface area (Å²) in [5.41, 5.74) is -1.58. The number of nitrogens with one attached hydrogen (secondary N) is 1. The molecule has 1 rings (SSSR count). The second kappa shape index (κ2) is 4.34. The number of hydrogen-bond acceptors (Lipinski definition) is 4. The van der Waals surface area contributed by atoms with Gasteiger partial charge in [0.25, 0.3) is 0 Å². The topological polar surface area (TPSA) is 69.0 Å². The molecule has 0 radical (unpaired) electrons. The molecule has 0 spiro atoms. The predicted molar refractivity (Wildman–Crippen MR) is 62.2 cm³/mol. The Morgan fingerprint density at radius 2 is 1.94 bits per heavy atom. The van der Waals surface area contributed by atoms with Crippen molar-refractivity contribution in [2.45, 2.75) is 33.0 Å². The summed E-state index contributed by atoms with van der Waals surface area (Å²) in [4.78, 5) is 26.1. The van der Waals surface area contributed by atoms with E-state index < -0.39 is 16.9 Å². The number of methoxy groups -OCH3 is 1. The average Bonchev–Trinajstić information content (AvgIpc) is 2.09. The largest absolute Gasteiger partial charge is 0.364 e. The third-order valence-electron chi connectivity index (χ3n) is 2.01. The molecule has 0 unspecified atom stereocenters. The van der Waals surface area contributed by atoms with Crippen LogP contribution < -0.4 is 11.4 Å². The summed E-state index contributed by atoms with van der Waals surface area (Å²) in [6, 6.07) is 0. The van der Waals surface area contributed by atoms with Gasteiger partial charge in [-0.1, -0.05) is 0 Å². The molecule has 6 nitrogen and oxygen atoms in total. The fourth-order valence-electron chi connectivity index (χ4n) is 1.34. The Morgan fingerprint density at radius 3 is 2.38 bits per heavy atom. The zero-order valence-electron chi connectivity index (χ0n) is 9.73. The van der Waals surface area contributed by atoms with Crippen molar-refractivity contribution in [3.63, 3.8) is 0 Å². The van der Waals surface area contributed by atoms with Gasteiger partial charge in [0.2, 0.25) is 0 Å². The van der Waals surface area contributed by atoms with Gasteiger partial charge in [-0.25, -0.2) is 18.7 Å². The molecule has 0 saturated heterocycles. The lowest BCUT2D eigenvalue weighted by Gasteiger charge is -2.21. The van der Waals surface area contributed by atoms with Crippen molar-refractivity contribution in [1.29, 1.82) is 0 Å². The van der Waals surface area contributed by atoms with E-state index in [0.717, 1.165) is 4.57 Å². The van der Waals surface area contributed by atoms with E-state index in [1.165, 1.54) is 11.7 Å². The van der Waals surface area contributed by atoms with Crippen LogP contribution in [0.5, 0.6) is 0 Å². The highest BCUT2D eigenvalue weighted by atomic mass is 32.1. The second-order valence-corrected chi connectivity index (χ2v) is 4.76.